The van der Waals surface area contributed by atoms with E-state index in [0.29, 0.717) is 24.1 Å². The van der Waals surface area contributed by atoms with Gasteiger partial charge in [0.1, 0.15) is 0 Å². The molecule has 1 aromatic rings. The van der Waals surface area contributed by atoms with Crippen LogP contribution >= 0.6 is 0 Å². The number of esters is 1. The van der Waals surface area contributed by atoms with E-state index in [1.807, 2.05) is 0 Å². The summed E-state index contributed by atoms with van der Waals surface area (Å²) in [6, 6.07) is 6.45. The predicted molar refractivity (Wildman–Crippen MR) is 68.8 cm³/mol. The zero-order valence-corrected chi connectivity index (χ0v) is 10.6. The largest absolute Gasteiger partial charge is 0.451 e. The number of hydrogen-bond acceptors (Lipinski definition) is 4. The fourth-order valence-corrected chi connectivity index (χ4v) is 2.03. The molecule has 0 aliphatic heterocycles. The fourth-order valence-electron chi connectivity index (χ4n) is 2.03. The van der Waals surface area contributed by atoms with Gasteiger partial charge < -0.3 is 10.1 Å². The lowest BCUT2D eigenvalue weighted by atomic mass is 10.2. The van der Waals surface area contributed by atoms with Gasteiger partial charge >= 0.3 is 5.97 Å². The van der Waals surface area contributed by atoms with Crippen molar-refractivity contribution in [2.45, 2.75) is 32.3 Å². The second kappa shape index (κ2) is 5.65. The molecule has 1 saturated carbocycles. The van der Waals surface area contributed by atoms with Crippen molar-refractivity contribution in [1.82, 2.24) is 0 Å². The Morgan fingerprint density at radius 1 is 1.37 bits per heavy atom. The predicted octanol–water partition coefficient (Wildman–Crippen LogP) is 1.92. The number of amides is 1. The molecule has 1 fully saturated rings. The van der Waals surface area contributed by atoms with Crippen LogP contribution in [0.1, 0.15) is 36.5 Å². The van der Waals surface area contributed by atoms with E-state index in [1.165, 1.54) is 13.0 Å². The summed E-state index contributed by atoms with van der Waals surface area (Å²) in [7, 11) is 0. The van der Waals surface area contributed by atoms with Crippen molar-refractivity contribution in [2.24, 2.45) is 0 Å². The number of hydrogen-bond donors (Lipinski definition) is 1. The molecule has 5 nitrogen and oxygen atoms in total. The van der Waals surface area contributed by atoms with Gasteiger partial charge in [0.25, 0.3) is 0 Å². The maximum absolute atomic E-state index is 11.9. The lowest BCUT2D eigenvalue weighted by molar-refractivity contribution is -0.124. The van der Waals surface area contributed by atoms with Gasteiger partial charge in [0.15, 0.2) is 11.9 Å². The summed E-state index contributed by atoms with van der Waals surface area (Å²) >= 11 is 0. The van der Waals surface area contributed by atoms with Crippen LogP contribution in [0.4, 0.5) is 5.69 Å². The highest BCUT2D eigenvalue weighted by Crippen LogP contribution is 2.20. The topological polar surface area (TPSA) is 72.5 Å². The molecule has 0 radical (unpaired) electrons. The van der Waals surface area contributed by atoms with Crippen LogP contribution < -0.4 is 5.32 Å². The molecule has 100 valence electrons. The zero-order chi connectivity index (χ0) is 13.8. The summed E-state index contributed by atoms with van der Waals surface area (Å²) in [5.41, 5.74) is 0.852. The number of carbonyl (C=O) groups excluding carboxylic acids is 3. The molecule has 1 N–H and O–H groups in total. The second-order valence-electron chi connectivity index (χ2n) is 4.51. The molecule has 5 heteroatoms. The maximum atomic E-state index is 11.9. The lowest BCUT2D eigenvalue weighted by Gasteiger charge is -2.11. The Morgan fingerprint density at radius 3 is 2.79 bits per heavy atom. The Kier molecular flexibility index (Phi) is 3.94. The van der Waals surface area contributed by atoms with Crippen LogP contribution in [0, 0.1) is 0 Å². The number of ketones is 1. The summed E-state index contributed by atoms with van der Waals surface area (Å²) < 4.78 is 5.17. The Labute approximate surface area is 110 Å². The molecular weight excluding hydrogens is 246 g/mol. The molecule has 1 aliphatic carbocycles. The van der Waals surface area contributed by atoms with Gasteiger partial charge in [0, 0.05) is 19.0 Å². The molecule has 1 atom stereocenters. The zero-order valence-electron chi connectivity index (χ0n) is 10.6. The molecule has 19 heavy (non-hydrogen) atoms. The van der Waals surface area contributed by atoms with Crippen molar-refractivity contribution in [2.75, 3.05) is 5.32 Å². The van der Waals surface area contributed by atoms with Crippen LogP contribution in [-0.2, 0) is 14.3 Å². The molecule has 0 bridgehead atoms. The quantitative estimate of drug-likeness (QED) is 0.844. The number of nitrogens with one attached hydrogen (secondary N) is 1. The second-order valence-corrected chi connectivity index (χ2v) is 4.51. The van der Waals surface area contributed by atoms with Crippen molar-refractivity contribution in [1.29, 1.82) is 0 Å². The molecule has 2 rings (SSSR count). The van der Waals surface area contributed by atoms with Crippen molar-refractivity contribution in [3.8, 4) is 0 Å². The third-order valence-corrected chi connectivity index (χ3v) is 2.92. The monoisotopic (exact) mass is 261 g/mol. The number of Topliss-reactive ketones (excluding diaryl/α,β-unsaturated/α-hetero) is 1. The van der Waals surface area contributed by atoms with Gasteiger partial charge in [0.05, 0.1) is 5.56 Å². The lowest BCUT2D eigenvalue weighted by Crippen LogP contribution is -2.22. The van der Waals surface area contributed by atoms with Crippen molar-refractivity contribution < 1.29 is 19.1 Å². The highest BCUT2D eigenvalue weighted by atomic mass is 16.5. The van der Waals surface area contributed by atoms with E-state index in [1.54, 1.807) is 18.2 Å². The van der Waals surface area contributed by atoms with Gasteiger partial charge in [-0.2, -0.15) is 0 Å². The molecule has 1 aromatic carbocycles. The number of carbonyl (C=O) groups is 3. The number of benzene rings is 1. The molecule has 1 amide bonds. The first-order valence-corrected chi connectivity index (χ1v) is 6.17. The van der Waals surface area contributed by atoms with Crippen LogP contribution in [0.3, 0.4) is 0 Å². The van der Waals surface area contributed by atoms with E-state index in [2.05, 4.69) is 5.32 Å². The van der Waals surface area contributed by atoms with Gasteiger partial charge in [-0.3, -0.25) is 9.59 Å². The van der Waals surface area contributed by atoms with Crippen LogP contribution in [-0.4, -0.2) is 23.8 Å². The SMILES string of the molecule is CC(=O)Nc1cccc(C(=O)O[C@H]2CCCC2=O)c1. The summed E-state index contributed by atoms with van der Waals surface area (Å²) in [6.45, 7) is 1.39. The summed E-state index contributed by atoms with van der Waals surface area (Å²) in [5.74, 6) is -0.768. The Bertz CT molecular complexity index is 524. The Morgan fingerprint density at radius 2 is 2.16 bits per heavy atom. The fraction of sp³-hybridized carbons (Fsp3) is 0.357. The molecule has 0 heterocycles. The van der Waals surface area contributed by atoms with Gasteiger partial charge in [0.2, 0.25) is 5.91 Å². The van der Waals surface area contributed by atoms with E-state index >= 15 is 0 Å². The van der Waals surface area contributed by atoms with E-state index in [4.69, 9.17) is 4.74 Å². The van der Waals surface area contributed by atoms with Crippen LogP contribution in [0.25, 0.3) is 0 Å². The van der Waals surface area contributed by atoms with Gasteiger partial charge in [-0.1, -0.05) is 6.07 Å². The standard InChI is InChI=1S/C14H15NO4/c1-9(16)15-11-5-2-4-10(8-11)14(18)19-13-7-3-6-12(13)17/h2,4-5,8,13H,3,6-7H2,1H3,(H,15,16)/t13-/m0/s1. The van der Waals surface area contributed by atoms with Gasteiger partial charge in [-0.15, -0.1) is 0 Å². The minimum absolute atomic E-state index is 0.0219. The first-order chi connectivity index (χ1) is 9.06. The average Bonchev–Trinajstić information content (AvgIpc) is 2.74. The summed E-state index contributed by atoms with van der Waals surface area (Å²) in [6.07, 6.45) is 1.22. The number of rotatable bonds is 3. The molecule has 0 unspecified atom stereocenters. The van der Waals surface area contributed by atoms with Crippen LogP contribution in [0.2, 0.25) is 0 Å². The molecule has 0 saturated heterocycles. The van der Waals surface area contributed by atoms with Crippen LogP contribution in [0.5, 0.6) is 0 Å². The molecule has 1 aliphatic rings. The van der Waals surface area contributed by atoms with Crippen LogP contribution in [0.15, 0.2) is 24.3 Å². The van der Waals surface area contributed by atoms with Crippen molar-refractivity contribution >= 4 is 23.3 Å². The number of anilines is 1. The van der Waals surface area contributed by atoms with E-state index in [-0.39, 0.29) is 11.7 Å². The minimum atomic E-state index is -0.614. The normalized spacial score (nSPS) is 18.2. The van der Waals surface area contributed by atoms with E-state index in [9.17, 15) is 14.4 Å². The van der Waals surface area contributed by atoms with Crippen molar-refractivity contribution in [3.05, 3.63) is 29.8 Å². The minimum Gasteiger partial charge on any atom is -0.451 e. The summed E-state index contributed by atoms with van der Waals surface area (Å²) in [4.78, 5) is 34.3. The first kappa shape index (κ1) is 13.3. The maximum Gasteiger partial charge on any atom is 0.338 e. The van der Waals surface area contributed by atoms with E-state index in [0.717, 1.165) is 6.42 Å². The van der Waals surface area contributed by atoms with Gasteiger partial charge in [-0.05, 0) is 31.0 Å². The van der Waals surface area contributed by atoms with Gasteiger partial charge in [-0.25, -0.2) is 4.79 Å². The third kappa shape index (κ3) is 3.40. The first-order valence-electron chi connectivity index (χ1n) is 6.17. The highest BCUT2D eigenvalue weighted by Gasteiger charge is 2.28. The van der Waals surface area contributed by atoms with E-state index < -0.39 is 12.1 Å². The average molecular weight is 261 g/mol. The smallest absolute Gasteiger partial charge is 0.338 e. The highest BCUT2D eigenvalue weighted by molar-refractivity contribution is 5.95. The molecular formula is C14H15NO4. The molecule has 0 spiro atoms. The van der Waals surface area contributed by atoms with Crippen molar-refractivity contribution in [3.63, 3.8) is 0 Å². The number of ether oxygens (including phenoxy) is 1. The Balaban J connectivity index is 2.06. The molecule has 0 aromatic heterocycles. The summed E-state index contributed by atoms with van der Waals surface area (Å²) in [5, 5.41) is 2.59. The Hall–Kier alpha value is -2.17. The third-order valence-electron chi connectivity index (χ3n) is 2.92.